The summed E-state index contributed by atoms with van der Waals surface area (Å²) in [7, 11) is 0. The Balaban J connectivity index is 1.90. The summed E-state index contributed by atoms with van der Waals surface area (Å²) in [6.45, 7) is 0.960. The number of carbonyl (C=O) groups excluding carboxylic acids is 1. The van der Waals surface area contributed by atoms with Crippen molar-refractivity contribution in [2.75, 3.05) is 18.5 Å². The maximum Gasteiger partial charge on any atom is 0.224 e. The molecule has 0 bridgehead atoms. The van der Waals surface area contributed by atoms with Crippen LogP contribution in [0, 0.1) is 0 Å². The van der Waals surface area contributed by atoms with Crippen molar-refractivity contribution in [1.82, 2.24) is 0 Å². The SMILES string of the molecule is [N-]=[N+]=NCCCOc1ccc2c(c1)CCC(=O)N2. The summed E-state index contributed by atoms with van der Waals surface area (Å²) >= 11 is 0. The van der Waals surface area contributed by atoms with Gasteiger partial charge in [-0.1, -0.05) is 5.11 Å². The molecule has 0 radical (unpaired) electrons. The van der Waals surface area contributed by atoms with Crippen molar-refractivity contribution in [3.63, 3.8) is 0 Å². The number of anilines is 1. The second kappa shape index (κ2) is 5.93. The van der Waals surface area contributed by atoms with Gasteiger partial charge in [-0.25, -0.2) is 0 Å². The first-order valence-corrected chi connectivity index (χ1v) is 5.86. The first-order valence-electron chi connectivity index (χ1n) is 5.86. The number of fused-ring (bicyclic) bond motifs is 1. The Bertz CT molecular complexity index is 495. The quantitative estimate of drug-likeness (QED) is 0.374. The maximum atomic E-state index is 11.2. The predicted octanol–water partition coefficient (Wildman–Crippen LogP) is 2.65. The third-order valence-corrected chi connectivity index (χ3v) is 2.71. The van der Waals surface area contributed by atoms with E-state index in [1.165, 1.54) is 0 Å². The highest BCUT2D eigenvalue weighted by Crippen LogP contribution is 2.26. The van der Waals surface area contributed by atoms with Crippen molar-refractivity contribution in [1.29, 1.82) is 0 Å². The van der Waals surface area contributed by atoms with E-state index >= 15 is 0 Å². The molecule has 0 aromatic heterocycles. The van der Waals surface area contributed by atoms with Crippen molar-refractivity contribution in [2.45, 2.75) is 19.3 Å². The molecule has 0 saturated carbocycles. The minimum atomic E-state index is 0.0607. The average Bonchev–Trinajstić information content (AvgIpc) is 2.38. The van der Waals surface area contributed by atoms with Gasteiger partial charge in [0.1, 0.15) is 5.75 Å². The summed E-state index contributed by atoms with van der Waals surface area (Å²) in [5, 5.41) is 6.26. The minimum absolute atomic E-state index is 0.0607. The summed E-state index contributed by atoms with van der Waals surface area (Å²) < 4.78 is 5.55. The van der Waals surface area contributed by atoms with Gasteiger partial charge in [0.25, 0.3) is 0 Å². The van der Waals surface area contributed by atoms with Gasteiger partial charge in [-0.05, 0) is 42.1 Å². The molecule has 1 aromatic carbocycles. The highest BCUT2D eigenvalue weighted by Gasteiger charge is 2.14. The highest BCUT2D eigenvalue weighted by atomic mass is 16.5. The molecule has 1 aliphatic heterocycles. The van der Waals surface area contributed by atoms with Crippen LogP contribution in [0.1, 0.15) is 18.4 Å². The van der Waals surface area contributed by atoms with Gasteiger partial charge in [-0.2, -0.15) is 0 Å². The number of rotatable bonds is 5. The number of aryl methyl sites for hydroxylation is 1. The fourth-order valence-corrected chi connectivity index (χ4v) is 1.82. The van der Waals surface area contributed by atoms with Gasteiger partial charge in [-0.15, -0.1) is 0 Å². The average molecular weight is 246 g/mol. The van der Waals surface area contributed by atoms with E-state index in [1.54, 1.807) is 0 Å². The Labute approximate surface area is 105 Å². The third-order valence-electron chi connectivity index (χ3n) is 2.71. The van der Waals surface area contributed by atoms with Crippen LogP contribution in [0.15, 0.2) is 23.3 Å². The van der Waals surface area contributed by atoms with E-state index in [1.807, 2.05) is 18.2 Å². The van der Waals surface area contributed by atoms with E-state index in [9.17, 15) is 4.79 Å². The number of ether oxygens (including phenoxy) is 1. The molecular weight excluding hydrogens is 232 g/mol. The summed E-state index contributed by atoms with van der Waals surface area (Å²) in [4.78, 5) is 13.9. The van der Waals surface area contributed by atoms with Crippen molar-refractivity contribution in [3.8, 4) is 5.75 Å². The van der Waals surface area contributed by atoms with Crippen LogP contribution in [-0.4, -0.2) is 19.1 Å². The molecule has 1 aliphatic rings. The van der Waals surface area contributed by atoms with Crippen molar-refractivity contribution >= 4 is 11.6 Å². The van der Waals surface area contributed by atoms with Crippen LogP contribution >= 0.6 is 0 Å². The predicted molar refractivity (Wildman–Crippen MR) is 67.5 cm³/mol. The molecular formula is C12H14N4O2. The molecule has 0 atom stereocenters. The number of hydrogen-bond acceptors (Lipinski definition) is 3. The second-order valence-corrected chi connectivity index (χ2v) is 4.02. The number of azide groups is 1. The lowest BCUT2D eigenvalue weighted by Gasteiger charge is -2.17. The van der Waals surface area contributed by atoms with Crippen molar-refractivity contribution < 1.29 is 9.53 Å². The Morgan fingerprint density at radius 2 is 2.33 bits per heavy atom. The fraction of sp³-hybridized carbons (Fsp3) is 0.417. The molecule has 1 amide bonds. The zero-order valence-electron chi connectivity index (χ0n) is 9.93. The molecule has 18 heavy (non-hydrogen) atoms. The zero-order chi connectivity index (χ0) is 12.8. The molecule has 1 N–H and O–H groups in total. The lowest BCUT2D eigenvalue weighted by Crippen LogP contribution is -2.18. The number of hydrogen-bond donors (Lipinski definition) is 1. The van der Waals surface area contributed by atoms with E-state index in [-0.39, 0.29) is 5.91 Å². The first kappa shape index (κ1) is 12.3. The smallest absolute Gasteiger partial charge is 0.224 e. The Kier molecular flexibility index (Phi) is 4.04. The van der Waals surface area contributed by atoms with Crippen LogP contribution < -0.4 is 10.1 Å². The molecule has 0 saturated heterocycles. The van der Waals surface area contributed by atoms with E-state index in [4.69, 9.17) is 10.3 Å². The normalized spacial score (nSPS) is 13.2. The first-order chi connectivity index (χ1) is 8.79. The van der Waals surface area contributed by atoms with Crippen molar-refractivity contribution in [3.05, 3.63) is 34.2 Å². The molecule has 0 fully saturated rings. The monoisotopic (exact) mass is 246 g/mol. The molecule has 0 aliphatic carbocycles. The van der Waals surface area contributed by atoms with Gasteiger partial charge < -0.3 is 10.1 Å². The van der Waals surface area contributed by atoms with Gasteiger partial charge in [0, 0.05) is 23.6 Å². The zero-order valence-corrected chi connectivity index (χ0v) is 9.93. The summed E-state index contributed by atoms with van der Waals surface area (Å²) in [5.74, 6) is 0.844. The minimum Gasteiger partial charge on any atom is -0.494 e. The Morgan fingerprint density at radius 1 is 1.44 bits per heavy atom. The number of benzene rings is 1. The van der Waals surface area contributed by atoms with Crippen LogP contribution in [0.2, 0.25) is 0 Å². The molecule has 0 spiro atoms. The summed E-state index contributed by atoms with van der Waals surface area (Å²) in [6.07, 6.45) is 1.96. The van der Waals surface area contributed by atoms with Crippen LogP contribution in [-0.2, 0) is 11.2 Å². The Morgan fingerprint density at radius 3 is 3.17 bits per heavy atom. The van der Waals surface area contributed by atoms with Crippen LogP contribution in [0.5, 0.6) is 5.75 Å². The van der Waals surface area contributed by atoms with E-state index in [0.29, 0.717) is 26.0 Å². The van der Waals surface area contributed by atoms with Crippen LogP contribution in [0.4, 0.5) is 5.69 Å². The van der Waals surface area contributed by atoms with E-state index < -0.39 is 0 Å². The maximum absolute atomic E-state index is 11.2. The summed E-state index contributed by atoms with van der Waals surface area (Å²) in [6, 6.07) is 5.63. The largest absolute Gasteiger partial charge is 0.494 e. The van der Waals surface area contributed by atoms with Gasteiger partial charge in [0.2, 0.25) is 5.91 Å². The molecule has 1 aromatic rings. The van der Waals surface area contributed by atoms with E-state index in [0.717, 1.165) is 23.4 Å². The Hall–Kier alpha value is -2.20. The number of nitrogens with zero attached hydrogens (tertiary/aromatic N) is 3. The van der Waals surface area contributed by atoms with Gasteiger partial charge in [0.15, 0.2) is 0 Å². The number of amides is 1. The highest BCUT2D eigenvalue weighted by molar-refractivity contribution is 5.93. The topological polar surface area (TPSA) is 87.1 Å². The van der Waals surface area contributed by atoms with Crippen LogP contribution in [0.25, 0.3) is 10.4 Å². The van der Waals surface area contributed by atoms with Gasteiger partial charge >= 0.3 is 0 Å². The number of nitrogens with one attached hydrogen (secondary N) is 1. The lowest BCUT2D eigenvalue weighted by atomic mass is 10.0. The van der Waals surface area contributed by atoms with E-state index in [2.05, 4.69) is 15.3 Å². The fourth-order valence-electron chi connectivity index (χ4n) is 1.82. The second-order valence-electron chi connectivity index (χ2n) is 4.02. The lowest BCUT2D eigenvalue weighted by molar-refractivity contribution is -0.116. The standard InChI is InChI=1S/C12H14N4O2/c13-16-14-6-1-7-18-10-3-4-11-9(8-10)2-5-12(17)15-11/h3-4,8H,1-2,5-7H2,(H,15,17). The summed E-state index contributed by atoms with van der Waals surface area (Å²) in [5.41, 5.74) is 10.1. The molecule has 94 valence electrons. The number of carbonyl (C=O) groups is 1. The molecule has 6 heteroatoms. The molecule has 1 heterocycles. The molecule has 0 unspecified atom stereocenters. The van der Waals surface area contributed by atoms with Crippen molar-refractivity contribution in [2.24, 2.45) is 5.11 Å². The molecule has 2 rings (SSSR count). The van der Waals surface area contributed by atoms with Crippen LogP contribution in [0.3, 0.4) is 0 Å². The van der Waals surface area contributed by atoms with Gasteiger partial charge in [-0.3, -0.25) is 4.79 Å². The molecule has 6 nitrogen and oxygen atoms in total. The van der Waals surface area contributed by atoms with Gasteiger partial charge in [0.05, 0.1) is 6.61 Å². The third kappa shape index (κ3) is 3.15.